The Morgan fingerprint density at radius 3 is 2.50 bits per heavy atom. The molecule has 1 N–H and O–H groups in total. The standard InChI is InChI=1S/C18H16ClN/c1-20-12-16-8-9-17(19)11-18(16)15-7-6-13-4-2-3-5-14(13)10-15/h2-11,20H,12H2,1H3. The van der Waals surface area contributed by atoms with Crippen LogP contribution in [0.2, 0.25) is 5.02 Å². The Morgan fingerprint density at radius 1 is 0.900 bits per heavy atom. The minimum atomic E-state index is 0.771. The van der Waals surface area contributed by atoms with Gasteiger partial charge in [-0.1, -0.05) is 54.1 Å². The highest BCUT2D eigenvalue weighted by atomic mass is 35.5. The van der Waals surface area contributed by atoms with E-state index in [1.165, 1.54) is 27.5 Å². The van der Waals surface area contributed by atoms with Gasteiger partial charge in [0.1, 0.15) is 0 Å². The van der Waals surface area contributed by atoms with Crippen molar-refractivity contribution in [1.29, 1.82) is 0 Å². The van der Waals surface area contributed by atoms with Crippen LogP contribution in [0.1, 0.15) is 5.56 Å². The van der Waals surface area contributed by atoms with Gasteiger partial charge in [-0.05, 0) is 52.7 Å². The maximum absolute atomic E-state index is 6.16. The molecule has 0 saturated carbocycles. The Hall–Kier alpha value is -1.83. The van der Waals surface area contributed by atoms with E-state index in [-0.39, 0.29) is 0 Å². The van der Waals surface area contributed by atoms with E-state index >= 15 is 0 Å². The van der Waals surface area contributed by atoms with Crippen molar-refractivity contribution in [3.05, 3.63) is 71.2 Å². The predicted octanol–water partition coefficient (Wildman–Crippen LogP) is 4.88. The highest BCUT2D eigenvalue weighted by Gasteiger charge is 2.06. The fourth-order valence-corrected chi connectivity index (χ4v) is 2.69. The summed E-state index contributed by atoms with van der Waals surface area (Å²) in [4.78, 5) is 0. The SMILES string of the molecule is CNCc1ccc(Cl)cc1-c1ccc2ccccc2c1. The first-order valence-electron chi connectivity index (χ1n) is 6.70. The highest BCUT2D eigenvalue weighted by Crippen LogP contribution is 2.29. The van der Waals surface area contributed by atoms with Crippen molar-refractivity contribution in [2.45, 2.75) is 6.54 Å². The quantitative estimate of drug-likeness (QED) is 0.721. The molecule has 0 saturated heterocycles. The summed E-state index contributed by atoms with van der Waals surface area (Å²) in [6.45, 7) is 0.833. The summed E-state index contributed by atoms with van der Waals surface area (Å²) in [6, 6.07) is 21.0. The van der Waals surface area contributed by atoms with Crippen molar-refractivity contribution in [2.24, 2.45) is 0 Å². The van der Waals surface area contributed by atoms with E-state index in [1.54, 1.807) is 0 Å². The second kappa shape index (κ2) is 5.66. The Bertz CT molecular complexity index is 749. The summed E-state index contributed by atoms with van der Waals surface area (Å²) >= 11 is 6.16. The molecular formula is C18H16ClN. The van der Waals surface area contributed by atoms with Crippen molar-refractivity contribution in [1.82, 2.24) is 5.32 Å². The van der Waals surface area contributed by atoms with E-state index in [2.05, 4.69) is 53.8 Å². The molecule has 3 aromatic rings. The first-order chi connectivity index (χ1) is 9.78. The zero-order chi connectivity index (χ0) is 13.9. The lowest BCUT2D eigenvalue weighted by Gasteiger charge is -2.11. The van der Waals surface area contributed by atoms with Crippen LogP contribution in [0.3, 0.4) is 0 Å². The van der Waals surface area contributed by atoms with Crippen LogP contribution in [0.5, 0.6) is 0 Å². The lowest BCUT2D eigenvalue weighted by atomic mass is 9.97. The van der Waals surface area contributed by atoms with E-state index in [4.69, 9.17) is 11.6 Å². The van der Waals surface area contributed by atoms with Crippen molar-refractivity contribution in [3.8, 4) is 11.1 Å². The smallest absolute Gasteiger partial charge is 0.0412 e. The first-order valence-corrected chi connectivity index (χ1v) is 7.08. The highest BCUT2D eigenvalue weighted by molar-refractivity contribution is 6.30. The number of nitrogens with one attached hydrogen (secondary N) is 1. The van der Waals surface area contributed by atoms with E-state index < -0.39 is 0 Å². The van der Waals surface area contributed by atoms with Crippen LogP contribution < -0.4 is 5.32 Å². The van der Waals surface area contributed by atoms with Crippen LogP contribution in [0.15, 0.2) is 60.7 Å². The van der Waals surface area contributed by atoms with E-state index in [1.807, 2.05) is 19.2 Å². The number of hydrogen-bond acceptors (Lipinski definition) is 1. The third kappa shape index (κ3) is 2.55. The summed E-state index contributed by atoms with van der Waals surface area (Å²) in [5.41, 5.74) is 3.65. The van der Waals surface area contributed by atoms with Crippen LogP contribution in [0.25, 0.3) is 21.9 Å². The minimum absolute atomic E-state index is 0.771. The molecule has 2 heteroatoms. The van der Waals surface area contributed by atoms with Crippen LogP contribution >= 0.6 is 11.6 Å². The number of rotatable bonds is 3. The number of fused-ring (bicyclic) bond motifs is 1. The van der Waals surface area contributed by atoms with Gasteiger partial charge in [0.15, 0.2) is 0 Å². The number of halogens is 1. The van der Waals surface area contributed by atoms with Gasteiger partial charge in [-0.15, -0.1) is 0 Å². The van der Waals surface area contributed by atoms with Gasteiger partial charge in [0.05, 0.1) is 0 Å². The summed E-state index contributed by atoms with van der Waals surface area (Å²) < 4.78 is 0. The molecule has 0 atom stereocenters. The molecule has 0 aliphatic heterocycles. The van der Waals surface area contributed by atoms with Gasteiger partial charge in [0, 0.05) is 11.6 Å². The molecule has 0 bridgehead atoms. The van der Waals surface area contributed by atoms with Crippen molar-refractivity contribution >= 4 is 22.4 Å². The van der Waals surface area contributed by atoms with Crippen LogP contribution in [0, 0.1) is 0 Å². The van der Waals surface area contributed by atoms with Gasteiger partial charge in [-0.25, -0.2) is 0 Å². The zero-order valence-electron chi connectivity index (χ0n) is 11.4. The summed E-state index contributed by atoms with van der Waals surface area (Å²) in [5.74, 6) is 0. The van der Waals surface area contributed by atoms with Gasteiger partial charge in [0.25, 0.3) is 0 Å². The first kappa shape index (κ1) is 13.2. The normalized spacial score (nSPS) is 10.9. The van der Waals surface area contributed by atoms with Gasteiger partial charge < -0.3 is 5.32 Å². The fourth-order valence-electron chi connectivity index (χ4n) is 2.52. The van der Waals surface area contributed by atoms with E-state index in [0.29, 0.717) is 0 Å². The van der Waals surface area contributed by atoms with Crippen LogP contribution in [-0.2, 0) is 6.54 Å². The molecule has 20 heavy (non-hydrogen) atoms. The molecule has 0 spiro atoms. The molecule has 0 aliphatic carbocycles. The molecule has 0 heterocycles. The minimum Gasteiger partial charge on any atom is -0.316 e. The maximum Gasteiger partial charge on any atom is 0.0412 e. The van der Waals surface area contributed by atoms with Crippen molar-refractivity contribution in [3.63, 3.8) is 0 Å². The molecule has 0 amide bonds. The molecule has 0 aromatic heterocycles. The molecular weight excluding hydrogens is 266 g/mol. The summed E-state index contributed by atoms with van der Waals surface area (Å²) in [6.07, 6.45) is 0. The monoisotopic (exact) mass is 281 g/mol. The Kier molecular flexibility index (Phi) is 3.72. The Labute approximate surface area is 124 Å². The molecule has 3 rings (SSSR count). The molecule has 0 unspecified atom stereocenters. The van der Waals surface area contributed by atoms with Crippen LogP contribution in [0.4, 0.5) is 0 Å². The summed E-state index contributed by atoms with van der Waals surface area (Å²) in [5, 5.41) is 6.49. The van der Waals surface area contributed by atoms with Gasteiger partial charge in [0.2, 0.25) is 0 Å². The largest absolute Gasteiger partial charge is 0.316 e. The maximum atomic E-state index is 6.16. The molecule has 3 aromatic carbocycles. The lowest BCUT2D eigenvalue weighted by Crippen LogP contribution is -2.06. The third-order valence-electron chi connectivity index (χ3n) is 3.50. The Balaban J connectivity index is 2.16. The third-order valence-corrected chi connectivity index (χ3v) is 3.73. The Morgan fingerprint density at radius 2 is 1.70 bits per heavy atom. The number of hydrogen-bond donors (Lipinski definition) is 1. The zero-order valence-corrected chi connectivity index (χ0v) is 12.1. The second-order valence-corrected chi connectivity index (χ2v) is 5.33. The van der Waals surface area contributed by atoms with E-state index in [9.17, 15) is 0 Å². The van der Waals surface area contributed by atoms with Gasteiger partial charge >= 0.3 is 0 Å². The molecule has 0 fully saturated rings. The molecule has 100 valence electrons. The van der Waals surface area contributed by atoms with Crippen molar-refractivity contribution in [2.75, 3.05) is 7.05 Å². The van der Waals surface area contributed by atoms with Crippen molar-refractivity contribution < 1.29 is 0 Å². The predicted molar refractivity (Wildman–Crippen MR) is 87.2 cm³/mol. The van der Waals surface area contributed by atoms with Gasteiger partial charge in [-0.3, -0.25) is 0 Å². The second-order valence-electron chi connectivity index (χ2n) is 4.89. The van der Waals surface area contributed by atoms with Crippen LogP contribution in [-0.4, -0.2) is 7.05 Å². The van der Waals surface area contributed by atoms with E-state index in [0.717, 1.165) is 11.6 Å². The summed E-state index contributed by atoms with van der Waals surface area (Å²) in [7, 11) is 1.96. The lowest BCUT2D eigenvalue weighted by molar-refractivity contribution is 0.819. The topological polar surface area (TPSA) is 12.0 Å². The number of benzene rings is 3. The molecule has 1 nitrogen and oxygen atoms in total. The fraction of sp³-hybridized carbons (Fsp3) is 0.111. The molecule has 0 radical (unpaired) electrons. The average molecular weight is 282 g/mol. The van der Waals surface area contributed by atoms with Gasteiger partial charge in [-0.2, -0.15) is 0 Å². The average Bonchev–Trinajstić information content (AvgIpc) is 2.49. The molecule has 0 aliphatic rings.